The van der Waals surface area contributed by atoms with Gasteiger partial charge in [-0.05, 0) is 30.2 Å². The first-order valence-corrected chi connectivity index (χ1v) is 8.96. The van der Waals surface area contributed by atoms with Crippen LogP contribution in [0.1, 0.15) is 30.9 Å². The van der Waals surface area contributed by atoms with Crippen molar-refractivity contribution in [3.8, 4) is 5.75 Å². The van der Waals surface area contributed by atoms with Gasteiger partial charge in [-0.3, -0.25) is 9.59 Å². The summed E-state index contributed by atoms with van der Waals surface area (Å²) in [5.41, 5.74) is 1.71. The predicted molar refractivity (Wildman–Crippen MR) is 99.7 cm³/mol. The Bertz CT molecular complexity index is 720. The molecule has 1 fully saturated rings. The van der Waals surface area contributed by atoms with Crippen LogP contribution in [0.25, 0.3) is 0 Å². The van der Waals surface area contributed by atoms with Crippen molar-refractivity contribution in [3.63, 3.8) is 0 Å². The number of ether oxygens (including phenoxy) is 2. The van der Waals surface area contributed by atoms with Crippen molar-refractivity contribution in [1.82, 2.24) is 5.32 Å². The summed E-state index contributed by atoms with van der Waals surface area (Å²) in [7, 11) is 1.61. The van der Waals surface area contributed by atoms with E-state index in [0.29, 0.717) is 13.2 Å². The molecule has 1 amide bonds. The highest BCUT2D eigenvalue weighted by Gasteiger charge is 2.32. The minimum absolute atomic E-state index is 0.251. The van der Waals surface area contributed by atoms with E-state index in [2.05, 4.69) is 15.5 Å². The number of carbonyl (C=O) groups is 2. The molecule has 8 nitrogen and oxygen atoms in total. The number of benzene rings is 1. The van der Waals surface area contributed by atoms with Gasteiger partial charge in [0.2, 0.25) is 5.91 Å². The minimum Gasteiger partial charge on any atom is -0.493 e. The van der Waals surface area contributed by atoms with Crippen LogP contribution in [0.4, 0.5) is 0 Å². The number of hydrogen-bond acceptors (Lipinski definition) is 7. The number of methoxy groups -OCH3 is 1. The molecule has 9 heteroatoms. The van der Waals surface area contributed by atoms with Gasteiger partial charge in [0.05, 0.1) is 25.8 Å². The molecular formula is C17H21N3O5S. The lowest BCUT2D eigenvalue weighted by atomic mass is 10.1. The molecule has 140 valence electrons. The zero-order valence-electron chi connectivity index (χ0n) is 14.6. The van der Waals surface area contributed by atoms with Gasteiger partial charge >= 0.3 is 5.97 Å². The van der Waals surface area contributed by atoms with Crippen LogP contribution in [0.15, 0.2) is 28.4 Å². The van der Waals surface area contributed by atoms with Gasteiger partial charge in [-0.25, -0.2) is 0 Å². The Morgan fingerprint density at radius 3 is 2.96 bits per heavy atom. The number of nitrogens with one attached hydrogen (secondary N) is 1. The number of rotatable bonds is 9. The molecule has 0 spiro atoms. The molecule has 1 aliphatic heterocycles. The quantitative estimate of drug-likeness (QED) is 0.502. The summed E-state index contributed by atoms with van der Waals surface area (Å²) in [5.74, 6) is -0.628. The summed E-state index contributed by atoms with van der Waals surface area (Å²) < 4.78 is 10.9. The zero-order chi connectivity index (χ0) is 18.9. The van der Waals surface area contributed by atoms with Crippen LogP contribution in [0.2, 0.25) is 0 Å². The lowest BCUT2D eigenvalue weighted by molar-refractivity contribution is -0.138. The molecule has 1 atom stereocenters. The summed E-state index contributed by atoms with van der Waals surface area (Å²) >= 11 is 1.06. The Labute approximate surface area is 155 Å². The number of amides is 1. The molecule has 1 saturated heterocycles. The van der Waals surface area contributed by atoms with Crippen LogP contribution in [0, 0.1) is 0 Å². The highest BCUT2D eigenvalue weighted by Crippen LogP contribution is 2.23. The van der Waals surface area contributed by atoms with Crippen molar-refractivity contribution >= 4 is 35.0 Å². The lowest BCUT2D eigenvalue weighted by Crippen LogP contribution is -2.26. The largest absolute Gasteiger partial charge is 0.493 e. The van der Waals surface area contributed by atoms with Gasteiger partial charge in [0.25, 0.3) is 0 Å². The molecule has 0 saturated carbocycles. The Balaban J connectivity index is 2.04. The van der Waals surface area contributed by atoms with Crippen molar-refractivity contribution in [2.75, 3.05) is 13.7 Å². The molecule has 0 bridgehead atoms. The van der Waals surface area contributed by atoms with Gasteiger partial charge in [0.1, 0.15) is 11.0 Å². The van der Waals surface area contributed by atoms with Crippen molar-refractivity contribution in [1.29, 1.82) is 0 Å². The third-order valence-corrected chi connectivity index (χ3v) is 4.41. The van der Waals surface area contributed by atoms with Crippen molar-refractivity contribution in [2.24, 2.45) is 10.2 Å². The molecule has 1 aliphatic rings. The average Bonchev–Trinajstić information content (AvgIpc) is 2.93. The van der Waals surface area contributed by atoms with Gasteiger partial charge in [-0.1, -0.05) is 18.7 Å². The Hall–Kier alpha value is -2.39. The van der Waals surface area contributed by atoms with Crippen molar-refractivity contribution in [2.45, 2.75) is 31.6 Å². The van der Waals surface area contributed by atoms with Gasteiger partial charge in [0, 0.05) is 12.7 Å². The van der Waals surface area contributed by atoms with E-state index in [0.717, 1.165) is 35.1 Å². The topological polar surface area (TPSA) is 110 Å². The average molecular weight is 379 g/mol. The van der Waals surface area contributed by atoms with Crippen LogP contribution >= 0.6 is 11.8 Å². The fourth-order valence-corrected chi connectivity index (χ4v) is 3.11. The van der Waals surface area contributed by atoms with Gasteiger partial charge in [-0.2, -0.15) is 5.10 Å². The molecule has 1 aromatic rings. The maximum absolute atomic E-state index is 11.6. The maximum atomic E-state index is 11.6. The summed E-state index contributed by atoms with van der Waals surface area (Å²) in [4.78, 5) is 22.3. The van der Waals surface area contributed by atoms with E-state index in [1.54, 1.807) is 13.3 Å². The highest BCUT2D eigenvalue weighted by molar-refractivity contribution is 8.15. The summed E-state index contributed by atoms with van der Waals surface area (Å²) in [6.07, 6.45) is 2.21. The number of hydrogen-bond donors (Lipinski definition) is 2. The second kappa shape index (κ2) is 9.93. The first-order valence-electron chi connectivity index (χ1n) is 8.08. The molecule has 26 heavy (non-hydrogen) atoms. The predicted octanol–water partition coefficient (Wildman–Crippen LogP) is 2.02. The molecule has 0 radical (unpaired) electrons. The molecule has 1 aromatic carbocycles. The second-order valence-electron chi connectivity index (χ2n) is 5.49. The van der Waals surface area contributed by atoms with E-state index in [4.69, 9.17) is 14.6 Å². The fraction of sp³-hybridized carbons (Fsp3) is 0.412. The number of nitrogens with zero attached hydrogens (tertiary/aromatic N) is 2. The van der Waals surface area contributed by atoms with E-state index in [1.165, 1.54) is 0 Å². The fourth-order valence-electron chi connectivity index (χ4n) is 2.19. The molecule has 2 rings (SSSR count). The lowest BCUT2D eigenvalue weighted by Gasteiger charge is -2.11. The van der Waals surface area contributed by atoms with Crippen LogP contribution < -0.4 is 10.1 Å². The monoisotopic (exact) mass is 379 g/mol. The third kappa shape index (κ3) is 5.85. The number of amidine groups is 1. The number of carboxylic acid groups (broad SMARTS) is 1. The molecule has 0 aromatic heterocycles. The summed E-state index contributed by atoms with van der Waals surface area (Å²) in [5, 5.41) is 18.8. The SMILES string of the molecule is CCCOc1ccc(C=NN=C2NC(=O)C(CC(=O)O)S2)cc1COC. The number of thioether (sulfide) groups is 1. The third-order valence-electron chi connectivity index (χ3n) is 3.34. The smallest absolute Gasteiger partial charge is 0.305 e. The standard InChI is InChI=1S/C17H21N3O5S/c1-3-6-25-13-5-4-11(7-12(13)10-24-2)9-18-20-17-19-16(23)14(26-17)8-15(21)22/h4-5,7,9,14H,3,6,8,10H2,1-2H3,(H,21,22)(H,19,20,23). The summed E-state index contributed by atoms with van der Waals surface area (Å²) in [6.45, 7) is 3.08. The van der Waals surface area contributed by atoms with Crippen LogP contribution in [-0.2, 0) is 20.9 Å². The molecular weight excluding hydrogens is 358 g/mol. The van der Waals surface area contributed by atoms with E-state index in [1.807, 2.05) is 25.1 Å². The Morgan fingerprint density at radius 1 is 1.46 bits per heavy atom. The first kappa shape index (κ1) is 19.9. The first-order chi connectivity index (χ1) is 12.5. The van der Waals surface area contributed by atoms with Crippen LogP contribution in [0.3, 0.4) is 0 Å². The number of carboxylic acids is 1. The normalized spacial score (nSPS) is 18.5. The van der Waals surface area contributed by atoms with Gasteiger partial charge in [0.15, 0.2) is 5.17 Å². The highest BCUT2D eigenvalue weighted by atomic mass is 32.2. The van der Waals surface area contributed by atoms with Crippen molar-refractivity contribution < 1.29 is 24.2 Å². The zero-order valence-corrected chi connectivity index (χ0v) is 15.4. The maximum Gasteiger partial charge on any atom is 0.305 e. The van der Waals surface area contributed by atoms with Crippen LogP contribution in [-0.4, -0.2) is 47.3 Å². The van der Waals surface area contributed by atoms with Gasteiger partial charge in [-0.15, -0.1) is 5.10 Å². The van der Waals surface area contributed by atoms with E-state index in [-0.39, 0.29) is 17.5 Å². The second-order valence-corrected chi connectivity index (χ2v) is 6.68. The Morgan fingerprint density at radius 2 is 2.27 bits per heavy atom. The number of aliphatic carboxylic acids is 1. The summed E-state index contributed by atoms with van der Waals surface area (Å²) in [6, 6.07) is 5.60. The van der Waals surface area contributed by atoms with Crippen molar-refractivity contribution in [3.05, 3.63) is 29.3 Å². The Kier molecular flexibility index (Phi) is 7.61. The molecule has 1 heterocycles. The minimum atomic E-state index is -1.03. The van der Waals surface area contributed by atoms with E-state index in [9.17, 15) is 9.59 Å². The van der Waals surface area contributed by atoms with E-state index >= 15 is 0 Å². The molecule has 2 N–H and O–H groups in total. The van der Waals surface area contributed by atoms with Gasteiger partial charge < -0.3 is 19.9 Å². The van der Waals surface area contributed by atoms with E-state index < -0.39 is 11.2 Å². The van der Waals surface area contributed by atoms with Crippen LogP contribution in [0.5, 0.6) is 5.75 Å². The number of carbonyl (C=O) groups excluding carboxylic acids is 1. The molecule has 1 unspecified atom stereocenters. The molecule has 0 aliphatic carbocycles.